The smallest absolute Gasteiger partial charge is 0.326 e. The van der Waals surface area contributed by atoms with Crippen molar-refractivity contribution in [3.05, 3.63) is 17.8 Å². The monoisotopic (exact) mass is 209 g/mol. The predicted molar refractivity (Wildman–Crippen MR) is 58.7 cm³/mol. The molecule has 0 aromatic carbocycles. The molecule has 82 valence electrons. The van der Waals surface area contributed by atoms with E-state index in [2.05, 4.69) is 10.3 Å². The average Bonchev–Trinajstić information content (AvgIpc) is 2.19. The average molecular weight is 209 g/mol. The predicted octanol–water partition coefficient (Wildman–Crippen LogP) is 1.25. The molecule has 5 heteroatoms. The van der Waals surface area contributed by atoms with Gasteiger partial charge in [0.25, 0.3) is 0 Å². The number of aliphatic carboxylic acids is 1. The van der Waals surface area contributed by atoms with Crippen LogP contribution in [0.15, 0.2) is 12.1 Å². The number of nitrogens with zero attached hydrogens (tertiary/aromatic N) is 1. The highest BCUT2D eigenvalue weighted by Gasteiger charge is 2.14. The van der Waals surface area contributed by atoms with Crippen LogP contribution in [0.25, 0.3) is 0 Å². The lowest BCUT2D eigenvalue weighted by Crippen LogP contribution is -2.28. The van der Waals surface area contributed by atoms with Crippen LogP contribution in [0.3, 0.4) is 0 Å². The van der Waals surface area contributed by atoms with Gasteiger partial charge in [0, 0.05) is 0 Å². The highest BCUT2D eigenvalue weighted by atomic mass is 16.4. The second kappa shape index (κ2) is 4.63. The highest BCUT2D eigenvalue weighted by molar-refractivity contribution is 5.76. The van der Waals surface area contributed by atoms with Crippen LogP contribution in [0.4, 0.5) is 11.5 Å². The highest BCUT2D eigenvalue weighted by Crippen LogP contribution is 2.13. The van der Waals surface area contributed by atoms with Crippen LogP contribution in [0.1, 0.15) is 19.0 Å². The van der Waals surface area contributed by atoms with Crippen molar-refractivity contribution in [1.29, 1.82) is 0 Å². The summed E-state index contributed by atoms with van der Waals surface area (Å²) < 4.78 is 0. The quantitative estimate of drug-likeness (QED) is 0.694. The number of nitrogen functional groups attached to an aromatic ring is 1. The van der Waals surface area contributed by atoms with Gasteiger partial charge in [-0.1, -0.05) is 6.92 Å². The zero-order valence-corrected chi connectivity index (χ0v) is 8.82. The number of rotatable bonds is 4. The van der Waals surface area contributed by atoms with Gasteiger partial charge in [-0.3, -0.25) is 0 Å². The number of hydrogen-bond acceptors (Lipinski definition) is 4. The normalized spacial score (nSPS) is 12.1. The molecule has 1 aromatic heterocycles. The van der Waals surface area contributed by atoms with Crippen molar-refractivity contribution >= 4 is 17.5 Å². The molecule has 0 saturated carbocycles. The standard InChI is InChI=1S/C10H15N3O2/c1-3-8(10(14)15)13-9-5-4-7(11)6(2)12-9/h4-5,8H,3,11H2,1-2H3,(H,12,13)(H,14,15). The van der Waals surface area contributed by atoms with Gasteiger partial charge in [0.2, 0.25) is 0 Å². The van der Waals surface area contributed by atoms with Crippen molar-refractivity contribution in [3.63, 3.8) is 0 Å². The Bertz CT molecular complexity index is 366. The van der Waals surface area contributed by atoms with Crippen molar-refractivity contribution in [2.75, 3.05) is 11.1 Å². The second-order valence-corrected chi connectivity index (χ2v) is 3.31. The summed E-state index contributed by atoms with van der Waals surface area (Å²) in [5.41, 5.74) is 6.90. The van der Waals surface area contributed by atoms with Crippen molar-refractivity contribution in [3.8, 4) is 0 Å². The van der Waals surface area contributed by atoms with Crippen LogP contribution in [-0.2, 0) is 4.79 Å². The van der Waals surface area contributed by atoms with Gasteiger partial charge in [-0.2, -0.15) is 0 Å². The minimum atomic E-state index is -0.881. The molecule has 0 aliphatic rings. The Balaban J connectivity index is 2.80. The number of carboxylic acid groups (broad SMARTS) is 1. The van der Waals surface area contributed by atoms with Crippen LogP contribution in [0.2, 0.25) is 0 Å². The topological polar surface area (TPSA) is 88.2 Å². The first-order valence-corrected chi connectivity index (χ1v) is 4.77. The molecule has 1 aromatic rings. The van der Waals surface area contributed by atoms with Gasteiger partial charge in [0.05, 0.1) is 11.4 Å². The number of aryl methyl sites for hydroxylation is 1. The number of carbonyl (C=O) groups is 1. The lowest BCUT2D eigenvalue weighted by molar-refractivity contribution is -0.137. The third kappa shape index (κ3) is 2.83. The Morgan fingerprint density at radius 2 is 2.33 bits per heavy atom. The van der Waals surface area contributed by atoms with Gasteiger partial charge in [0.15, 0.2) is 0 Å². The fourth-order valence-electron chi connectivity index (χ4n) is 1.17. The minimum Gasteiger partial charge on any atom is -0.480 e. The number of nitrogens with two attached hydrogens (primary N) is 1. The Morgan fingerprint density at radius 1 is 1.67 bits per heavy atom. The van der Waals surface area contributed by atoms with Gasteiger partial charge in [-0.15, -0.1) is 0 Å². The third-order valence-corrected chi connectivity index (χ3v) is 2.16. The largest absolute Gasteiger partial charge is 0.480 e. The van der Waals surface area contributed by atoms with E-state index in [9.17, 15) is 4.79 Å². The van der Waals surface area contributed by atoms with E-state index in [-0.39, 0.29) is 0 Å². The number of pyridine rings is 1. The molecule has 1 atom stereocenters. The summed E-state index contributed by atoms with van der Waals surface area (Å²) in [5.74, 6) is -0.343. The third-order valence-electron chi connectivity index (χ3n) is 2.16. The maximum atomic E-state index is 10.8. The van der Waals surface area contributed by atoms with Crippen molar-refractivity contribution in [2.24, 2.45) is 0 Å². The maximum Gasteiger partial charge on any atom is 0.326 e. The molecule has 0 saturated heterocycles. The van der Waals surface area contributed by atoms with Gasteiger partial charge in [-0.25, -0.2) is 9.78 Å². The van der Waals surface area contributed by atoms with Gasteiger partial charge >= 0.3 is 5.97 Å². The van der Waals surface area contributed by atoms with E-state index in [0.717, 1.165) is 0 Å². The molecular formula is C10H15N3O2. The van der Waals surface area contributed by atoms with Crippen LogP contribution in [0, 0.1) is 6.92 Å². The van der Waals surface area contributed by atoms with E-state index in [1.54, 1.807) is 26.0 Å². The first kappa shape index (κ1) is 11.3. The van der Waals surface area contributed by atoms with E-state index in [0.29, 0.717) is 23.6 Å². The van der Waals surface area contributed by atoms with E-state index >= 15 is 0 Å². The Labute approximate surface area is 88.3 Å². The van der Waals surface area contributed by atoms with Crippen LogP contribution in [-0.4, -0.2) is 22.1 Å². The molecule has 0 amide bonds. The molecular weight excluding hydrogens is 194 g/mol. The molecule has 0 bridgehead atoms. The summed E-state index contributed by atoms with van der Waals surface area (Å²) in [7, 11) is 0. The molecule has 0 fully saturated rings. The van der Waals surface area contributed by atoms with Crippen LogP contribution >= 0.6 is 0 Å². The molecule has 15 heavy (non-hydrogen) atoms. The maximum absolute atomic E-state index is 10.8. The van der Waals surface area contributed by atoms with Crippen molar-refractivity contribution in [1.82, 2.24) is 4.98 Å². The minimum absolute atomic E-state index is 0.500. The van der Waals surface area contributed by atoms with E-state index < -0.39 is 12.0 Å². The summed E-state index contributed by atoms with van der Waals surface area (Å²) in [6.45, 7) is 3.58. The molecule has 0 aliphatic heterocycles. The Morgan fingerprint density at radius 3 is 2.80 bits per heavy atom. The molecule has 0 spiro atoms. The number of anilines is 2. The van der Waals surface area contributed by atoms with Gasteiger partial charge in [-0.05, 0) is 25.5 Å². The number of aromatic nitrogens is 1. The fraction of sp³-hybridized carbons (Fsp3) is 0.400. The number of nitrogens with one attached hydrogen (secondary N) is 1. The van der Waals surface area contributed by atoms with Crippen LogP contribution in [0.5, 0.6) is 0 Å². The summed E-state index contributed by atoms with van der Waals surface area (Å²) in [6, 6.07) is 2.77. The van der Waals surface area contributed by atoms with Crippen LogP contribution < -0.4 is 11.1 Å². The molecule has 1 rings (SSSR count). The molecule has 0 radical (unpaired) electrons. The van der Waals surface area contributed by atoms with E-state index in [1.165, 1.54) is 0 Å². The van der Waals surface area contributed by atoms with Crippen molar-refractivity contribution in [2.45, 2.75) is 26.3 Å². The Hall–Kier alpha value is -1.78. The first-order valence-electron chi connectivity index (χ1n) is 4.77. The zero-order chi connectivity index (χ0) is 11.4. The first-order chi connectivity index (χ1) is 7.04. The molecule has 4 N–H and O–H groups in total. The zero-order valence-electron chi connectivity index (χ0n) is 8.82. The van der Waals surface area contributed by atoms with Gasteiger partial charge < -0.3 is 16.2 Å². The summed E-state index contributed by atoms with van der Waals surface area (Å²) in [4.78, 5) is 14.9. The molecule has 1 unspecified atom stereocenters. The Kier molecular flexibility index (Phi) is 3.49. The SMILES string of the molecule is CCC(Nc1ccc(N)c(C)n1)C(=O)O. The molecule has 1 heterocycles. The lowest BCUT2D eigenvalue weighted by atomic mass is 10.2. The lowest BCUT2D eigenvalue weighted by Gasteiger charge is -2.13. The molecule has 5 nitrogen and oxygen atoms in total. The fourth-order valence-corrected chi connectivity index (χ4v) is 1.17. The summed E-state index contributed by atoms with van der Waals surface area (Å²) >= 11 is 0. The summed E-state index contributed by atoms with van der Waals surface area (Å²) in [5, 5.41) is 11.7. The number of carboxylic acids is 1. The van der Waals surface area contributed by atoms with Crippen molar-refractivity contribution < 1.29 is 9.90 Å². The van der Waals surface area contributed by atoms with Gasteiger partial charge in [0.1, 0.15) is 11.9 Å². The van der Waals surface area contributed by atoms with E-state index in [4.69, 9.17) is 10.8 Å². The second-order valence-electron chi connectivity index (χ2n) is 3.31. The van der Waals surface area contributed by atoms with E-state index in [1.807, 2.05) is 0 Å². The molecule has 0 aliphatic carbocycles. The summed E-state index contributed by atoms with van der Waals surface area (Å²) in [6.07, 6.45) is 0.500. The number of hydrogen-bond donors (Lipinski definition) is 3.